The number of hydrogen-bond acceptors (Lipinski definition) is 5. The monoisotopic (exact) mass is 364 g/mol. The number of benzene rings is 1. The fourth-order valence-electron chi connectivity index (χ4n) is 3.78. The molecule has 0 radical (unpaired) electrons. The van der Waals surface area contributed by atoms with E-state index in [4.69, 9.17) is 4.74 Å². The molecule has 0 aliphatic carbocycles. The molecule has 3 aromatic rings. The summed E-state index contributed by atoms with van der Waals surface area (Å²) >= 11 is 0. The number of anilines is 1. The molecule has 3 heterocycles. The lowest BCUT2D eigenvalue weighted by molar-refractivity contribution is 0.249. The number of ether oxygens (including phenoxy) is 1. The van der Waals surface area contributed by atoms with Crippen molar-refractivity contribution < 1.29 is 4.74 Å². The molecule has 1 atom stereocenters. The molecular weight excluding hydrogens is 340 g/mol. The largest absolute Gasteiger partial charge is 0.496 e. The van der Waals surface area contributed by atoms with E-state index in [-0.39, 0.29) is 11.6 Å². The third-order valence-electron chi connectivity index (χ3n) is 5.13. The van der Waals surface area contributed by atoms with Gasteiger partial charge in [-0.15, -0.1) is 0 Å². The maximum absolute atomic E-state index is 12.3. The smallest absolute Gasteiger partial charge is 0.259 e. The Bertz CT molecular complexity index is 979. The van der Waals surface area contributed by atoms with Crippen molar-refractivity contribution in [3.8, 4) is 5.75 Å². The van der Waals surface area contributed by atoms with Crippen LogP contribution in [0.3, 0.4) is 0 Å². The number of aromatic nitrogens is 2. The zero-order valence-corrected chi connectivity index (χ0v) is 15.5. The summed E-state index contributed by atoms with van der Waals surface area (Å²) < 4.78 is 7.14. The minimum atomic E-state index is -0.0851. The summed E-state index contributed by atoms with van der Waals surface area (Å²) in [5.41, 5.74) is 1.72. The number of nitrogens with one attached hydrogen (secondary N) is 1. The van der Waals surface area contributed by atoms with Crippen LogP contribution < -0.4 is 15.6 Å². The molecule has 4 rings (SSSR count). The molecule has 1 fully saturated rings. The second kappa shape index (κ2) is 7.80. The summed E-state index contributed by atoms with van der Waals surface area (Å²) in [5, 5.41) is 3.38. The van der Waals surface area contributed by atoms with Crippen molar-refractivity contribution in [3.63, 3.8) is 0 Å². The molecule has 1 aliphatic heterocycles. The Morgan fingerprint density at radius 1 is 1.15 bits per heavy atom. The molecule has 1 aliphatic rings. The van der Waals surface area contributed by atoms with Crippen LogP contribution in [-0.4, -0.2) is 41.0 Å². The van der Waals surface area contributed by atoms with Crippen molar-refractivity contribution in [1.29, 1.82) is 0 Å². The third-order valence-corrected chi connectivity index (χ3v) is 5.13. The molecule has 2 aromatic heterocycles. The number of pyridine rings is 1. The van der Waals surface area contributed by atoms with Crippen molar-refractivity contribution >= 4 is 11.5 Å². The fourth-order valence-corrected chi connectivity index (χ4v) is 3.78. The van der Waals surface area contributed by atoms with Crippen molar-refractivity contribution in [1.82, 2.24) is 14.3 Å². The van der Waals surface area contributed by atoms with Gasteiger partial charge in [0.25, 0.3) is 5.56 Å². The third kappa shape index (κ3) is 3.66. The van der Waals surface area contributed by atoms with E-state index in [1.165, 1.54) is 12.8 Å². The number of nitrogens with zero attached hydrogens (tertiary/aromatic N) is 3. The van der Waals surface area contributed by atoms with Gasteiger partial charge in [0.1, 0.15) is 17.2 Å². The Labute approximate surface area is 158 Å². The first-order valence-corrected chi connectivity index (χ1v) is 9.35. The van der Waals surface area contributed by atoms with Crippen LogP contribution in [0.25, 0.3) is 5.65 Å². The molecule has 0 bridgehead atoms. The Kier molecular flexibility index (Phi) is 5.07. The quantitative estimate of drug-likeness (QED) is 0.729. The summed E-state index contributed by atoms with van der Waals surface area (Å²) in [6.07, 6.45) is 4.15. The molecule has 27 heavy (non-hydrogen) atoms. The van der Waals surface area contributed by atoms with Crippen LogP contribution in [0.5, 0.6) is 5.75 Å². The summed E-state index contributed by atoms with van der Waals surface area (Å²) in [5.74, 6) is 1.49. The molecule has 1 aromatic carbocycles. The summed E-state index contributed by atoms with van der Waals surface area (Å²) in [6.45, 7) is 2.80. The van der Waals surface area contributed by atoms with Crippen LogP contribution in [0.15, 0.2) is 59.5 Å². The maximum Gasteiger partial charge on any atom is 0.259 e. The molecule has 140 valence electrons. The number of methoxy groups -OCH3 is 1. The number of para-hydroxylation sites is 1. The van der Waals surface area contributed by atoms with Gasteiger partial charge in [0.2, 0.25) is 0 Å². The first-order valence-electron chi connectivity index (χ1n) is 9.35. The Balaban J connectivity index is 1.62. The van der Waals surface area contributed by atoms with Crippen LogP contribution in [0.4, 0.5) is 5.82 Å². The molecule has 6 nitrogen and oxygen atoms in total. The van der Waals surface area contributed by atoms with E-state index >= 15 is 0 Å². The standard InChI is InChI=1S/C21H24N4O2/c1-27-18-9-3-2-8-16(18)17(24-11-6-7-12-24)15-22-19-14-21(26)25-13-5-4-10-20(25)23-19/h2-5,8-10,13-14,17,22H,6-7,11-12,15H2,1H3. The average molecular weight is 364 g/mol. The van der Waals surface area contributed by atoms with Gasteiger partial charge in [-0.05, 0) is 44.1 Å². The average Bonchev–Trinajstić information content (AvgIpc) is 3.23. The number of rotatable bonds is 6. The summed E-state index contributed by atoms with van der Waals surface area (Å²) in [6, 6.07) is 15.4. The van der Waals surface area contributed by atoms with Crippen LogP contribution in [0, 0.1) is 0 Å². The summed E-state index contributed by atoms with van der Waals surface area (Å²) in [4.78, 5) is 19.4. The van der Waals surface area contributed by atoms with Gasteiger partial charge in [0.05, 0.1) is 13.2 Å². The number of hydrogen-bond donors (Lipinski definition) is 1. The van der Waals surface area contributed by atoms with Crippen molar-refractivity contribution in [2.75, 3.05) is 32.1 Å². The van der Waals surface area contributed by atoms with Crippen LogP contribution >= 0.6 is 0 Å². The maximum atomic E-state index is 12.3. The van der Waals surface area contributed by atoms with E-state index in [2.05, 4.69) is 21.3 Å². The molecule has 1 N–H and O–H groups in total. The van der Waals surface area contributed by atoms with Crippen molar-refractivity contribution in [2.24, 2.45) is 0 Å². The molecule has 6 heteroatoms. The lowest BCUT2D eigenvalue weighted by atomic mass is 10.0. The predicted molar refractivity (Wildman–Crippen MR) is 106 cm³/mol. The lowest BCUT2D eigenvalue weighted by Gasteiger charge is -2.29. The van der Waals surface area contributed by atoms with E-state index in [1.54, 1.807) is 23.8 Å². The normalized spacial score (nSPS) is 15.7. The minimum absolute atomic E-state index is 0.0851. The predicted octanol–water partition coefficient (Wildman–Crippen LogP) is 2.95. The number of fused-ring (bicyclic) bond motifs is 1. The highest BCUT2D eigenvalue weighted by atomic mass is 16.5. The topological polar surface area (TPSA) is 58.9 Å². The van der Waals surface area contributed by atoms with E-state index in [0.717, 1.165) is 24.4 Å². The van der Waals surface area contributed by atoms with Gasteiger partial charge in [-0.3, -0.25) is 14.1 Å². The highest BCUT2D eigenvalue weighted by Gasteiger charge is 2.25. The molecule has 1 unspecified atom stereocenters. The van der Waals surface area contributed by atoms with Gasteiger partial charge in [-0.2, -0.15) is 0 Å². The van der Waals surface area contributed by atoms with Gasteiger partial charge >= 0.3 is 0 Å². The molecular formula is C21H24N4O2. The Morgan fingerprint density at radius 3 is 2.74 bits per heavy atom. The number of likely N-dealkylation sites (tertiary alicyclic amines) is 1. The zero-order valence-electron chi connectivity index (χ0n) is 15.5. The second-order valence-electron chi connectivity index (χ2n) is 6.79. The lowest BCUT2D eigenvalue weighted by Crippen LogP contribution is -2.31. The Morgan fingerprint density at radius 2 is 1.93 bits per heavy atom. The van der Waals surface area contributed by atoms with Gasteiger partial charge in [-0.25, -0.2) is 4.98 Å². The van der Waals surface area contributed by atoms with Gasteiger partial charge < -0.3 is 10.1 Å². The second-order valence-corrected chi connectivity index (χ2v) is 6.79. The fraction of sp³-hybridized carbons (Fsp3) is 0.333. The zero-order chi connectivity index (χ0) is 18.6. The first-order chi connectivity index (χ1) is 13.3. The highest BCUT2D eigenvalue weighted by molar-refractivity contribution is 5.47. The van der Waals surface area contributed by atoms with E-state index in [9.17, 15) is 4.79 Å². The minimum Gasteiger partial charge on any atom is -0.496 e. The molecule has 0 amide bonds. The van der Waals surface area contributed by atoms with Gasteiger partial charge in [0, 0.05) is 24.4 Å². The summed E-state index contributed by atoms with van der Waals surface area (Å²) in [7, 11) is 1.71. The molecule has 0 saturated carbocycles. The first kappa shape index (κ1) is 17.5. The molecule has 1 saturated heterocycles. The van der Waals surface area contributed by atoms with Crippen molar-refractivity contribution in [2.45, 2.75) is 18.9 Å². The van der Waals surface area contributed by atoms with E-state index < -0.39 is 0 Å². The SMILES string of the molecule is COc1ccccc1C(CNc1cc(=O)n2ccccc2n1)N1CCCC1. The van der Waals surface area contributed by atoms with E-state index in [1.807, 2.05) is 36.4 Å². The van der Waals surface area contributed by atoms with Gasteiger partial charge in [-0.1, -0.05) is 24.3 Å². The van der Waals surface area contributed by atoms with Crippen LogP contribution in [-0.2, 0) is 0 Å². The van der Waals surface area contributed by atoms with Crippen LogP contribution in [0.2, 0.25) is 0 Å². The van der Waals surface area contributed by atoms with E-state index in [0.29, 0.717) is 18.0 Å². The highest BCUT2D eigenvalue weighted by Crippen LogP contribution is 2.31. The Hall–Kier alpha value is -2.86. The van der Waals surface area contributed by atoms with Crippen LogP contribution in [0.1, 0.15) is 24.4 Å². The van der Waals surface area contributed by atoms with Gasteiger partial charge in [0.15, 0.2) is 0 Å². The van der Waals surface area contributed by atoms with Crippen molar-refractivity contribution in [3.05, 3.63) is 70.6 Å². The molecule has 0 spiro atoms.